The van der Waals surface area contributed by atoms with E-state index in [0.29, 0.717) is 22.5 Å². The molecule has 0 spiro atoms. The summed E-state index contributed by atoms with van der Waals surface area (Å²) in [6.07, 6.45) is 1.88. The Morgan fingerprint density at radius 2 is 2.35 bits per heavy atom. The molecule has 1 aromatic heterocycles. The highest BCUT2D eigenvalue weighted by Gasteiger charge is 2.11. The lowest BCUT2D eigenvalue weighted by molar-refractivity contribution is 0.102. The van der Waals surface area contributed by atoms with Crippen LogP contribution in [0, 0.1) is 18.8 Å². The summed E-state index contributed by atoms with van der Waals surface area (Å²) in [5.74, 6) is 5.48. The molecule has 2 rings (SSSR count). The Kier molecular flexibility index (Phi) is 4.82. The van der Waals surface area contributed by atoms with Gasteiger partial charge in [-0.3, -0.25) is 4.79 Å². The first-order valence-corrected chi connectivity index (χ1v) is 6.77. The molecular weight excluding hydrogens is 274 g/mol. The molecule has 0 saturated heterocycles. The van der Waals surface area contributed by atoms with Crippen molar-refractivity contribution in [3.63, 3.8) is 0 Å². The molecule has 0 saturated carbocycles. The summed E-state index contributed by atoms with van der Waals surface area (Å²) in [6.45, 7) is 1.92. The number of carbonyl (C=O) groups excluding carboxylic acids is 1. The largest absolute Gasteiger partial charge is 0.395 e. The van der Waals surface area contributed by atoms with Crippen molar-refractivity contribution in [2.45, 2.75) is 13.3 Å². The van der Waals surface area contributed by atoms with Crippen molar-refractivity contribution in [3.8, 4) is 11.8 Å². The van der Waals surface area contributed by atoms with E-state index in [-0.39, 0.29) is 12.5 Å². The number of benzene rings is 1. The third-order valence-corrected chi connectivity index (χ3v) is 3.06. The van der Waals surface area contributed by atoms with Crippen molar-refractivity contribution in [3.05, 3.63) is 41.1 Å². The van der Waals surface area contributed by atoms with Crippen LogP contribution in [0.15, 0.2) is 24.4 Å². The summed E-state index contributed by atoms with van der Waals surface area (Å²) in [7, 11) is 0. The van der Waals surface area contributed by atoms with Crippen LogP contribution in [-0.4, -0.2) is 27.2 Å². The Morgan fingerprint density at radius 1 is 1.50 bits per heavy atom. The van der Waals surface area contributed by atoms with Crippen LogP contribution in [0.2, 0.25) is 0 Å². The van der Waals surface area contributed by atoms with E-state index in [1.54, 1.807) is 12.1 Å². The third kappa shape index (κ3) is 3.63. The molecule has 0 atom stereocenters. The first-order valence-electron chi connectivity index (χ1n) is 6.00. The molecule has 5 nitrogen and oxygen atoms in total. The van der Waals surface area contributed by atoms with Crippen LogP contribution in [0.25, 0.3) is 0 Å². The van der Waals surface area contributed by atoms with Crippen molar-refractivity contribution in [2.24, 2.45) is 0 Å². The Morgan fingerprint density at radius 3 is 3.05 bits per heavy atom. The van der Waals surface area contributed by atoms with Gasteiger partial charge in [-0.2, -0.15) is 0 Å². The molecule has 0 fully saturated rings. The predicted octanol–water partition coefficient (Wildman–Crippen LogP) is 1.83. The van der Waals surface area contributed by atoms with E-state index in [4.69, 9.17) is 5.11 Å². The van der Waals surface area contributed by atoms with E-state index in [1.165, 1.54) is 6.20 Å². The number of aliphatic hydroxyl groups is 1. The Bertz CT molecular complexity index is 657. The van der Waals surface area contributed by atoms with Crippen molar-refractivity contribution in [1.29, 1.82) is 0 Å². The summed E-state index contributed by atoms with van der Waals surface area (Å²) in [6, 6.07) is 5.49. The monoisotopic (exact) mass is 287 g/mol. The molecule has 2 N–H and O–H groups in total. The average Bonchev–Trinajstić information content (AvgIpc) is 2.93. The quantitative estimate of drug-likeness (QED) is 0.845. The summed E-state index contributed by atoms with van der Waals surface area (Å²) >= 11 is 1.12. The minimum absolute atomic E-state index is 0.00687. The zero-order valence-corrected chi connectivity index (χ0v) is 11.7. The highest BCUT2D eigenvalue weighted by atomic mass is 32.1. The van der Waals surface area contributed by atoms with Crippen LogP contribution in [0.4, 0.5) is 5.00 Å². The number of amides is 1. The number of carbonyl (C=O) groups is 1. The van der Waals surface area contributed by atoms with Crippen LogP contribution in [0.3, 0.4) is 0 Å². The maximum absolute atomic E-state index is 12.2. The minimum atomic E-state index is -0.243. The molecular formula is C14H13N3O2S. The van der Waals surface area contributed by atoms with Gasteiger partial charge in [0.25, 0.3) is 5.91 Å². The molecule has 20 heavy (non-hydrogen) atoms. The molecule has 1 heterocycles. The standard InChI is InChI=1S/C14H13N3O2S/c1-10-5-6-11(4-2-3-7-18)12(8-10)14(19)16-13-9-15-17-20-13/h5-6,8-9,18H,3,7H2,1H3,(H,16,19). The second-order valence-corrected chi connectivity index (χ2v) is 4.85. The number of nitrogens with one attached hydrogen (secondary N) is 1. The van der Waals surface area contributed by atoms with Gasteiger partial charge in [0.2, 0.25) is 0 Å². The van der Waals surface area contributed by atoms with Gasteiger partial charge in [-0.25, -0.2) is 0 Å². The maximum Gasteiger partial charge on any atom is 0.257 e. The summed E-state index contributed by atoms with van der Waals surface area (Å²) in [5.41, 5.74) is 2.12. The Balaban J connectivity index is 2.27. The first kappa shape index (κ1) is 14.2. The molecule has 1 amide bonds. The topological polar surface area (TPSA) is 75.1 Å². The molecule has 6 heteroatoms. The molecule has 0 bridgehead atoms. The van der Waals surface area contributed by atoms with Crippen molar-refractivity contribution < 1.29 is 9.90 Å². The van der Waals surface area contributed by atoms with E-state index in [0.717, 1.165) is 17.1 Å². The normalized spacial score (nSPS) is 9.70. The second kappa shape index (κ2) is 6.80. The van der Waals surface area contributed by atoms with Gasteiger partial charge in [-0.15, -0.1) is 5.10 Å². The van der Waals surface area contributed by atoms with E-state index in [1.807, 2.05) is 13.0 Å². The molecule has 1 aromatic carbocycles. The summed E-state index contributed by atoms with van der Waals surface area (Å²) < 4.78 is 3.69. The van der Waals surface area contributed by atoms with Gasteiger partial charge in [-0.1, -0.05) is 28.0 Å². The Hall–Kier alpha value is -2.23. The number of hydrogen-bond donors (Lipinski definition) is 2. The van der Waals surface area contributed by atoms with Crippen LogP contribution in [0.1, 0.15) is 27.9 Å². The molecule has 102 valence electrons. The number of rotatable bonds is 3. The number of anilines is 1. The predicted molar refractivity (Wildman–Crippen MR) is 77.6 cm³/mol. The van der Waals surface area contributed by atoms with Gasteiger partial charge in [0, 0.05) is 23.5 Å². The van der Waals surface area contributed by atoms with Gasteiger partial charge >= 0.3 is 0 Å². The highest BCUT2D eigenvalue weighted by molar-refractivity contribution is 7.10. The number of nitrogens with zero attached hydrogens (tertiary/aromatic N) is 2. The van der Waals surface area contributed by atoms with Crippen LogP contribution < -0.4 is 5.32 Å². The zero-order chi connectivity index (χ0) is 14.4. The average molecular weight is 287 g/mol. The molecule has 0 unspecified atom stereocenters. The van der Waals surface area contributed by atoms with Crippen LogP contribution in [0.5, 0.6) is 0 Å². The number of aromatic nitrogens is 2. The fourth-order valence-electron chi connectivity index (χ4n) is 1.57. The van der Waals surface area contributed by atoms with E-state index >= 15 is 0 Å². The van der Waals surface area contributed by atoms with Gasteiger partial charge in [0.05, 0.1) is 18.4 Å². The smallest absolute Gasteiger partial charge is 0.257 e. The highest BCUT2D eigenvalue weighted by Crippen LogP contribution is 2.15. The zero-order valence-electron chi connectivity index (χ0n) is 10.9. The molecule has 0 aliphatic rings. The molecule has 0 radical (unpaired) electrons. The fourth-order valence-corrected chi connectivity index (χ4v) is 1.98. The van der Waals surface area contributed by atoms with E-state index in [2.05, 4.69) is 26.7 Å². The maximum atomic E-state index is 12.2. The van der Waals surface area contributed by atoms with Crippen molar-refractivity contribution in [1.82, 2.24) is 9.59 Å². The Labute approximate surface area is 120 Å². The van der Waals surface area contributed by atoms with Gasteiger partial charge in [-0.05, 0) is 19.1 Å². The van der Waals surface area contributed by atoms with Gasteiger partial charge in [0.1, 0.15) is 5.00 Å². The SMILES string of the molecule is Cc1ccc(C#CCCO)c(C(=O)Nc2cnns2)c1. The van der Waals surface area contributed by atoms with E-state index in [9.17, 15) is 4.79 Å². The first-order chi connectivity index (χ1) is 9.70. The molecule has 0 aliphatic carbocycles. The lowest BCUT2D eigenvalue weighted by Crippen LogP contribution is -2.13. The number of aliphatic hydroxyl groups excluding tert-OH is 1. The summed E-state index contributed by atoms with van der Waals surface area (Å²) in [5, 5.41) is 15.7. The lowest BCUT2D eigenvalue weighted by Gasteiger charge is -2.05. The van der Waals surface area contributed by atoms with Crippen molar-refractivity contribution in [2.75, 3.05) is 11.9 Å². The lowest BCUT2D eigenvalue weighted by atomic mass is 10.0. The number of aryl methyl sites for hydroxylation is 1. The van der Waals surface area contributed by atoms with Gasteiger partial charge in [0.15, 0.2) is 0 Å². The number of hydrogen-bond acceptors (Lipinski definition) is 5. The van der Waals surface area contributed by atoms with Gasteiger partial charge < -0.3 is 10.4 Å². The summed E-state index contributed by atoms with van der Waals surface area (Å²) in [4.78, 5) is 12.2. The fraction of sp³-hybridized carbons (Fsp3) is 0.214. The second-order valence-electron chi connectivity index (χ2n) is 4.06. The molecule has 2 aromatic rings. The van der Waals surface area contributed by atoms with E-state index < -0.39 is 0 Å². The molecule has 0 aliphatic heterocycles. The third-order valence-electron chi connectivity index (χ3n) is 2.48. The van der Waals surface area contributed by atoms with Crippen molar-refractivity contribution >= 4 is 22.4 Å². The minimum Gasteiger partial charge on any atom is -0.395 e. The van der Waals surface area contributed by atoms with Crippen LogP contribution in [-0.2, 0) is 0 Å². The van der Waals surface area contributed by atoms with Crippen LogP contribution >= 0.6 is 11.5 Å².